The molecule has 0 radical (unpaired) electrons. The van der Waals surface area contributed by atoms with Crippen LogP contribution in [0.2, 0.25) is 10.0 Å². The molecular weight excluding hydrogens is 591 g/mol. The number of H-pyrrole nitrogens is 1. The largest absolute Gasteiger partial charge is 0.366 e. The van der Waals surface area contributed by atoms with E-state index in [9.17, 15) is 13.2 Å². The first-order valence-electron chi connectivity index (χ1n) is 13.6. The van der Waals surface area contributed by atoms with E-state index in [-0.39, 0.29) is 22.3 Å². The van der Waals surface area contributed by atoms with Crippen LogP contribution in [-0.4, -0.2) is 41.9 Å². The maximum absolute atomic E-state index is 13.3. The molecule has 4 aromatic carbocycles. The minimum atomic E-state index is -3.76. The smallest absolute Gasteiger partial charge is 0.248 e. The van der Waals surface area contributed by atoms with Gasteiger partial charge in [-0.1, -0.05) is 59.6 Å². The quantitative estimate of drug-likeness (QED) is 0.197. The van der Waals surface area contributed by atoms with Crippen molar-refractivity contribution in [3.63, 3.8) is 0 Å². The molecule has 0 spiro atoms. The van der Waals surface area contributed by atoms with Gasteiger partial charge in [0.15, 0.2) is 0 Å². The zero-order valence-electron chi connectivity index (χ0n) is 22.5. The number of aromatic amines is 1. The summed E-state index contributed by atoms with van der Waals surface area (Å²) in [5, 5.41) is 10.2. The molecule has 214 valence electrons. The second-order valence-corrected chi connectivity index (χ2v) is 13.3. The van der Waals surface area contributed by atoms with Gasteiger partial charge in [-0.25, -0.2) is 8.42 Å². The van der Waals surface area contributed by atoms with Crippen LogP contribution in [0, 0.1) is 0 Å². The molecule has 1 amide bonds. The van der Waals surface area contributed by atoms with Crippen LogP contribution in [0.4, 0.5) is 0 Å². The summed E-state index contributed by atoms with van der Waals surface area (Å²) in [5.74, 6) is -0.598. The highest BCUT2D eigenvalue weighted by Gasteiger charge is 2.32. The Balaban J connectivity index is 1.29. The lowest BCUT2D eigenvalue weighted by atomic mass is 9.84. The molecule has 1 saturated heterocycles. The number of rotatable bonds is 7. The Hall–Kier alpha value is -3.69. The van der Waals surface area contributed by atoms with Crippen molar-refractivity contribution in [2.75, 3.05) is 13.1 Å². The summed E-state index contributed by atoms with van der Waals surface area (Å²) >= 11 is 12.4. The third-order valence-corrected chi connectivity index (χ3v) is 10.4. The van der Waals surface area contributed by atoms with E-state index in [2.05, 4.69) is 22.3 Å². The monoisotopic (exact) mass is 618 g/mol. The Kier molecular flexibility index (Phi) is 7.81. The zero-order valence-corrected chi connectivity index (χ0v) is 24.8. The standard InChI is InChI=1S/C32H28Cl2N4O3S/c33-25-9-4-20(5-10-25)30(21-6-11-26(34)12-7-21)23-8-13-29-28(19-23)31(37-36-29)22-14-16-38(17-15-22)42(40,41)27-3-1-2-24(18-27)32(35)39/h1-13,18-19,22,30H,14-17H2,(H2,35,39)(H,36,37). The molecule has 1 aromatic heterocycles. The van der Waals surface area contributed by atoms with Gasteiger partial charge in [-0.05, 0) is 84.1 Å². The number of carbonyl (C=O) groups is 1. The Bertz CT molecular complexity index is 1820. The number of hydrogen-bond donors (Lipinski definition) is 2. The Morgan fingerprint density at radius 2 is 1.45 bits per heavy atom. The van der Waals surface area contributed by atoms with Gasteiger partial charge in [0, 0.05) is 51.6 Å². The summed E-state index contributed by atoms with van der Waals surface area (Å²) < 4.78 is 28.1. The molecule has 2 heterocycles. The third kappa shape index (κ3) is 5.55. The summed E-state index contributed by atoms with van der Waals surface area (Å²) in [6.45, 7) is 0.707. The van der Waals surface area contributed by atoms with E-state index in [4.69, 9.17) is 28.9 Å². The highest BCUT2D eigenvalue weighted by molar-refractivity contribution is 7.89. The number of hydrogen-bond acceptors (Lipinski definition) is 4. The number of piperidine rings is 1. The van der Waals surface area contributed by atoms with E-state index in [1.807, 2.05) is 54.6 Å². The fraction of sp³-hybridized carbons (Fsp3) is 0.188. The second kappa shape index (κ2) is 11.5. The number of nitrogens with one attached hydrogen (secondary N) is 1. The molecule has 3 N–H and O–H groups in total. The first kappa shape index (κ1) is 28.4. The van der Waals surface area contributed by atoms with Crippen LogP contribution in [0.1, 0.15) is 57.4 Å². The van der Waals surface area contributed by atoms with Crippen molar-refractivity contribution < 1.29 is 13.2 Å². The van der Waals surface area contributed by atoms with Crippen molar-refractivity contribution in [2.45, 2.75) is 29.6 Å². The SMILES string of the molecule is NC(=O)c1cccc(S(=O)(=O)N2CCC(c3[nH]nc4ccc(C(c5ccc(Cl)cc5)c5ccc(Cl)cc5)cc34)CC2)c1. The minimum absolute atomic E-state index is 0.0464. The molecule has 10 heteroatoms. The van der Waals surface area contributed by atoms with Gasteiger partial charge in [-0.15, -0.1) is 0 Å². The Morgan fingerprint density at radius 3 is 2.05 bits per heavy atom. The van der Waals surface area contributed by atoms with Crippen LogP contribution in [0.3, 0.4) is 0 Å². The normalized spacial score (nSPS) is 14.9. The van der Waals surface area contributed by atoms with Gasteiger partial charge >= 0.3 is 0 Å². The number of nitrogens with two attached hydrogens (primary N) is 1. The first-order chi connectivity index (χ1) is 20.2. The van der Waals surface area contributed by atoms with E-state index in [1.165, 1.54) is 28.6 Å². The molecule has 5 aromatic rings. The predicted octanol–water partition coefficient (Wildman–Crippen LogP) is 6.72. The number of sulfonamides is 1. The molecule has 0 aliphatic carbocycles. The van der Waals surface area contributed by atoms with Gasteiger partial charge in [0.1, 0.15) is 0 Å². The third-order valence-electron chi connectivity index (χ3n) is 7.97. The molecule has 6 rings (SSSR count). The lowest BCUT2D eigenvalue weighted by Gasteiger charge is -2.31. The van der Waals surface area contributed by atoms with Crippen LogP contribution in [0.15, 0.2) is 95.9 Å². The van der Waals surface area contributed by atoms with Gasteiger partial charge in [0.25, 0.3) is 0 Å². The van der Waals surface area contributed by atoms with Crippen molar-refractivity contribution in [1.82, 2.24) is 14.5 Å². The van der Waals surface area contributed by atoms with Gasteiger partial charge in [-0.2, -0.15) is 9.40 Å². The van der Waals surface area contributed by atoms with E-state index < -0.39 is 15.9 Å². The number of amides is 1. The lowest BCUT2D eigenvalue weighted by molar-refractivity contribution is 0.1000. The summed E-state index contributed by atoms with van der Waals surface area (Å²) in [6.07, 6.45) is 1.27. The molecule has 0 saturated carbocycles. The molecule has 1 fully saturated rings. The van der Waals surface area contributed by atoms with E-state index in [1.54, 1.807) is 0 Å². The minimum Gasteiger partial charge on any atom is -0.366 e. The van der Waals surface area contributed by atoms with Crippen molar-refractivity contribution in [3.05, 3.63) is 129 Å². The van der Waals surface area contributed by atoms with Crippen molar-refractivity contribution >= 4 is 50.0 Å². The van der Waals surface area contributed by atoms with Crippen LogP contribution in [0.25, 0.3) is 10.9 Å². The van der Waals surface area contributed by atoms with Gasteiger partial charge in [-0.3, -0.25) is 9.89 Å². The Morgan fingerprint density at radius 1 is 0.857 bits per heavy atom. The van der Waals surface area contributed by atoms with Crippen LogP contribution >= 0.6 is 23.2 Å². The molecule has 1 aliphatic rings. The van der Waals surface area contributed by atoms with E-state index in [0.29, 0.717) is 36.0 Å². The number of fused-ring (bicyclic) bond motifs is 1. The van der Waals surface area contributed by atoms with Gasteiger partial charge < -0.3 is 5.73 Å². The zero-order chi connectivity index (χ0) is 29.4. The number of benzene rings is 4. The van der Waals surface area contributed by atoms with Crippen molar-refractivity contribution in [3.8, 4) is 0 Å². The average molecular weight is 620 g/mol. The van der Waals surface area contributed by atoms with Gasteiger partial charge in [0.2, 0.25) is 15.9 Å². The molecule has 0 bridgehead atoms. The van der Waals surface area contributed by atoms with Gasteiger partial charge in [0.05, 0.1) is 10.4 Å². The van der Waals surface area contributed by atoms with Crippen molar-refractivity contribution in [2.24, 2.45) is 5.73 Å². The lowest BCUT2D eigenvalue weighted by Crippen LogP contribution is -2.38. The molecular formula is C32H28Cl2N4O3S. The fourth-order valence-corrected chi connectivity index (χ4v) is 7.54. The number of halogens is 2. The van der Waals surface area contributed by atoms with Crippen LogP contribution in [-0.2, 0) is 10.0 Å². The number of nitrogens with zero attached hydrogens (tertiary/aromatic N) is 2. The highest BCUT2D eigenvalue weighted by Crippen LogP contribution is 2.38. The molecule has 1 aliphatic heterocycles. The summed E-state index contributed by atoms with van der Waals surface area (Å²) in [4.78, 5) is 11.7. The highest BCUT2D eigenvalue weighted by atomic mass is 35.5. The Labute approximate surface area is 254 Å². The van der Waals surface area contributed by atoms with Crippen molar-refractivity contribution in [1.29, 1.82) is 0 Å². The maximum atomic E-state index is 13.3. The number of carbonyl (C=O) groups excluding carboxylic acids is 1. The average Bonchev–Trinajstić information content (AvgIpc) is 3.43. The number of primary amides is 1. The van der Waals surface area contributed by atoms with E-state index in [0.717, 1.165) is 33.3 Å². The second-order valence-electron chi connectivity index (χ2n) is 10.5. The number of aromatic nitrogens is 2. The maximum Gasteiger partial charge on any atom is 0.248 e. The fourth-order valence-electron chi connectivity index (χ4n) is 5.77. The van der Waals surface area contributed by atoms with Crippen LogP contribution < -0.4 is 5.73 Å². The molecule has 0 unspecified atom stereocenters. The topological polar surface area (TPSA) is 109 Å². The van der Waals surface area contributed by atoms with Crippen LogP contribution in [0.5, 0.6) is 0 Å². The van der Waals surface area contributed by atoms with E-state index >= 15 is 0 Å². The first-order valence-corrected chi connectivity index (χ1v) is 15.8. The predicted molar refractivity (Wildman–Crippen MR) is 166 cm³/mol. The molecule has 7 nitrogen and oxygen atoms in total. The summed E-state index contributed by atoms with van der Waals surface area (Å²) in [5.41, 5.74) is 10.7. The molecule has 0 atom stereocenters. The summed E-state index contributed by atoms with van der Waals surface area (Å²) in [6, 6.07) is 27.9. The summed E-state index contributed by atoms with van der Waals surface area (Å²) in [7, 11) is -3.76. The molecule has 42 heavy (non-hydrogen) atoms.